The van der Waals surface area contributed by atoms with Crippen LogP contribution in [0.25, 0.3) is 0 Å². The molecular formula is C18H27N3O2. The molecule has 0 aliphatic carbocycles. The Morgan fingerprint density at radius 3 is 2.48 bits per heavy atom. The van der Waals surface area contributed by atoms with Gasteiger partial charge in [0.25, 0.3) is 0 Å². The van der Waals surface area contributed by atoms with Crippen molar-refractivity contribution in [1.29, 1.82) is 0 Å². The van der Waals surface area contributed by atoms with Crippen LogP contribution in [0.1, 0.15) is 38.7 Å². The molecule has 1 aromatic rings. The lowest BCUT2D eigenvalue weighted by molar-refractivity contribution is -0.124. The highest BCUT2D eigenvalue weighted by atomic mass is 16.2. The van der Waals surface area contributed by atoms with Crippen LogP contribution in [0, 0.1) is 0 Å². The van der Waals surface area contributed by atoms with Gasteiger partial charge in [0.2, 0.25) is 11.8 Å². The lowest BCUT2D eigenvalue weighted by atomic mass is 9.98. The van der Waals surface area contributed by atoms with Gasteiger partial charge in [-0.1, -0.05) is 44.2 Å². The topological polar surface area (TPSA) is 61.4 Å². The second kappa shape index (κ2) is 8.11. The third-order valence-electron chi connectivity index (χ3n) is 4.35. The number of hydrogen-bond acceptors (Lipinski definition) is 3. The van der Waals surface area contributed by atoms with Crippen LogP contribution in [0.3, 0.4) is 0 Å². The fourth-order valence-electron chi connectivity index (χ4n) is 3.00. The minimum Gasteiger partial charge on any atom is -0.354 e. The zero-order valence-electron chi connectivity index (χ0n) is 14.1. The van der Waals surface area contributed by atoms with Crippen LogP contribution in [0.2, 0.25) is 0 Å². The lowest BCUT2D eigenvalue weighted by Gasteiger charge is -2.31. The van der Waals surface area contributed by atoms with E-state index in [0.717, 1.165) is 26.1 Å². The van der Waals surface area contributed by atoms with E-state index in [1.165, 1.54) is 5.56 Å². The highest BCUT2D eigenvalue weighted by Gasteiger charge is 2.39. The first-order chi connectivity index (χ1) is 11.1. The van der Waals surface area contributed by atoms with Crippen molar-refractivity contribution in [3.8, 4) is 0 Å². The number of nitrogens with zero attached hydrogens (tertiary/aromatic N) is 1. The summed E-state index contributed by atoms with van der Waals surface area (Å²) in [6.07, 6.45) is 1.78. The van der Waals surface area contributed by atoms with Crippen LogP contribution in [0.15, 0.2) is 30.3 Å². The quantitative estimate of drug-likeness (QED) is 0.804. The number of carbonyl (C=O) groups excluding carboxylic acids is 2. The first-order valence-electron chi connectivity index (χ1n) is 8.41. The van der Waals surface area contributed by atoms with Gasteiger partial charge in [-0.05, 0) is 12.0 Å². The van der Waals surface area contributed by atoms with Gasteiger partial charge in [0.15, 0.2) is 0 Å². The van der Waals surface area contributed by atoms with Gasteiger partial charge in [-0.15, -0.1) is 0 Å². The van der Waals surface area contributed by atoms with Crippen molar-refractivity contribution < 1.29 is 9.59 Å². The van der Waals surface area contributed by atoms with Gasteiger partial charge in [0, 0.05) is 39.0 Å². The van der Waals surface area contributed by atoms with E-state index in [-0.39, 0.29) is 17.4 Å². The fourth-order valence-corrected chi connectivity index (χ4v) is 3.00. The molecular weight excluding hydrogens is 290 g/mol. The number of likely N-dealkylation sites (tertiary alicyclic amines) is 1. The molecule has 1 atom stereocenters. The summed E-state index contributed by atoms with van der Waals surface area (Å²) in [5.41, 5.74) is 0.912. The van der Waals surface area contributed by atoms with E-state index in [0.29, 0.717) is 19.4 Å². The van der Waals surface area contributed by atoms with Crippen LogP contribution in [-0.2, 0) is 16.1 Å². The smallest absolute Gasteiger partial charge is 0.220 e. The van der Waals surface area contributed by atoms with Crippen molar-refractivity contribution in [1.82, 2.24) is 15.5 Å². The van der Waals surface area contributed by atoms with Gasteiger partial charge >= 0.3 is 0 Å². The third kappa shape index (κ3) is 5.06. The molecule has 1 aliphatic rings. The van der Waals surface area contributed by atoms with Gasteiger partial charge in [0.05, 0.1) is 5.54 Å². The average molecular weight is 317 g/mol. The van der Waals surface area contributed by atoms with E-state index in [1.54, 1.807) is 0 Å². The van der Waals surface area contributed by atoms with E-state index >= 15 is 0 Å². The molecule has 126 valence electrons. The SMILES string of the molecule is CCC(=O)NC[C@@]1(NC(=O)CC)CCN(Cc2ccccc2)C1. The second-order valence-corrected chi connectivity index (χ2v) is 6.26. The van der Waals surface area contributed by atoms with Crippen LogP contribution < -0.4 is 10.6 Å². The Labute approximate surface area is 138 Å². The third-order valence-corrected chi connectivity index (χ3v) is 4.35. The minimum absolute atomic E-state index is 0.0247. The van der Waals surface area contributed by atoms with Gasteiger partial charge in [-0.2, -0.15) is 0 Å². The molecule has 5 heteroatoms. The number of benzene rings is 1. The van der Waals surface area contributed by atoms with E-state index in [9.17, 15) is 9.59 Å². The molecule has 1 saturated heterocycles. The van der Waals surface area contributed by atoms with Crippen molar-refractivity contribution >= 4 is 11.8 Å². The Kier molecular flexibility index (Phi) is 6.16. The minimum atomic E-state index is -0.354. The van der Waals surface area contributed by atoms with Crippen molar-refractivity contribution in [2.45, 2.75) is 45.2 Å². The van der Waals surface area contributed by atoms with Crippen LogP contribution in [-0.4, -0.2) is 41.9 Å². The number of hydrogen-bond donors (Lipinski definition) is 2. The molecule has 1 aromatic carbocycles. The molecule has 2 amide bonds. The summed E-state index contributed by atoms with van der Waals surface area (Å²) in [4.78, 5) is 25.8. The fraction of sp³-hybridized carbons (Fsp3) is 0.556. The van der Waals surface area contributed by atoms with E-state index in [4.69, 9.17) is 0 Å². The van der Waals surface area contributed by atoms with Gasteiger partial charge in [-0.3, -0.25) is 14.5 Å². The molecule has 1 aliphatic heterocycles. The van der Waals surface area contributed by atoms with Crippen molar-refractivity contribution in [2.24, 2.45) is 0 Å². The Bertz CT molecular complexity index is 532. The number of nitrogens with one attached hydrogen (secondary N) is 2. The van der Waals surface area contributed by atoms with Crippen LogP contribution in [0.5, 0.6) is 0 Å². The largest absolute Gasteiger partial charge is 0.354 e. The summed E-state index contributed by atoms with van der Waals surface area (Å²) < 4.78 is 0. The van der Waals surface area contributed by atoms with Gasteiger partial charge in [0.1, 0.15) is 0 Å². The summed E-state index contributed by atoms with van der Waals surface area (Å²) in [6, 6.07) is 10.3. The molecule has 1 heterocycles. The van der Waals surface area contributed by atoms with Crippen molar-refractivity contribution in [3.63, 3.8) is 0 Å². The predicted octanol–water partition coefficient (Wildman–Crippen LogP) is 1.68. The summed E-state index contributed by atoms with van der Waals surface area (Å²) in [5.74, 6) is 0.0638. The maximum Gasteiger partial charge on any atom is 0.220 e. The molecule has 5 nitrogen and oxygen atoms in total. The van der Waals surface area contributed by atoms with Crippen molar-refractivity contribution in [2.75, 3.05) is 19.6 Å². The van der Waals surface area contributed by atoms with Gasteiger partial charge in [-0.25, -0.2) is 0 Å². The first kappa shape index (κ1) is 17.5. The Hall–Kier alpha value is -1.88. The van der Waals surface area contributed by atoms with E-state index < -0.39 is 0 Å². The summed E-state index contributed by atoms with van der Waals surface area (Å²) in [5, 5.41) is 6.09. The number of rotatable bonds is 7. The summed E-state index contributed by atoms with van der Waals surface area (Å²) in [6.45, 7) is 6.73. The highest BCUT2D eigenvalue weighted by molar-refractivity contribution is 5.77. The average Bonchev–Trinajstić information content (AvgIpc) is 2.96. The molecule has 0 radical (unpaired) electrons. The second-order valence-electron chi connectivity index (χ2n) is 6.26. The zero-order chi connectivity index (χ0) is 16.7. The Morgan fingerprint density at radius 2 is 1.83 bits per heavy atom. The molecule has 0 aromatic heterocycles. The maximum atomic E-state index is 11.9. The molecule has 0 saturated carbocycles. The van der Waals surface area contributed by atoms with E-state index in [2.05, 4.69) is 27.7 Å². The first-order valence-corrected chi connectivity index (χ1v) is 8.41. The highest BCUT2D eigenvalue weighted by Crippen LogP contribution is 2.23. The molecule has 0 bridgehead atoms. The normalized spacial score (nSPS) is 21.1. The van der Waals surface area contributed by atoms with E-state index in [1.807, 2.05) is 32.0 Å². The lowest BCUT2D eigenvalue weighted by Crippen LogP contribution is -2.57. The summed E-state index contributed by atoms with van der Waals surface area (Å²) >= 11 is 0. The molecule has 0 unspecified atom stereocenters. The molecule has 1 fully saturated rings. The molecule has 2 N–H and O–H groups in total. The maximum absolute atomic E-state index is 11.9. The zero-order valence-corrected chi connectivity index (χ0v) is 14.1. The number of carbonyl (C=O) groups is 2. The predicted molar refractivity (Wildman–Crippen MR) is 90.8 cm³/mol. The Morgan fingerprint density at radius 1 is 1.13 bits per heavy atom. The Balaban J connectivity index is 2.00. The molecule has 2 rings (SSSR count). The van der Waals surface area contributed by atoms with Gasteiger partial charge < -0.3 is 10.6 Å². The van der Waals surface area contributed by atoms with Crippen LogP contribution in [0.4, 0.5) is 0 Å². The number of amides is 2. The molecule has 23 heavy (non-hydrogen) atoms. The standard InChI is InChI=1S/C18H27N3O2/c1-3-16(22)19-13-18(20-17(23)4-2)10-11-21(14-18)12-15-8-6-5-7-9-15/h5-9H,3-4,10-14H2,1-2H3,(H,19,22)(H,20,23)/t18-/m0/s1. The van der Waals surface area contributed by atoms with Crippen molar-refractivity contribution in [3.05, 3.63) is 35.9 Å². The van der Waals surface area contributed by atoms with Crippen LogP contribution >= 0.6 is 0 Å². The monoisotopic (exact) mass is 317 g/mol. The molecule has 0 spiro atoms. The summed E-state index contributed by atoms with van der Waals surface area (Å²) in [7, 11) is 0.